The topological polar surface area (TPSA) is 26.3 Å². The van der Waals surface area contributed by atoms with Gasteiger partial charge in [0.1, 0.15) is 0 Å². The number of thioether (sulfide) groups is 1. The van der Waals surface area contributed by atoms with Crippen molar-refractivity contribution in [2.75, 3.05) is 13.2 Å². The third-order valence-corrected chi connectivity index (χ3v) is 4.67. The molecule has 1 aromatic rings. The summed E-state index contributed by atoms with van der Waals surface area (Å²) < 4.78 is 6.37. The van der Waals surface area contributed by atoms with E-state index in [9.17, 15) is 4.79 Å². The van der Waals surface area contributed by atoms with Crippen molar-refractivity contribution in [3.63, 3.8) is 0 Å². The largest absolute Gasteiger partial charge is 0.381 e. The van der Waals surface area contributed by atoms with Crippen molar-refractivity contribution in [2.24, 2.45) is 0 Å². The Balaban J connectivity index is 2.17. The van der Waals surface area contributed by atoms with Gasteiger partial charge in [0.25, 0.3) is 0 Å². The number of ether oxygens (including phenoxy) is 1. The van der Waals surface area contributed by atoms with Gasteiger partial charge in [-0.15, -0.1) is 11.8 Å². The van der Waals surface area contributed by atoms with Gasteiger partial charge in [0.15, 0.2) is 5.78 Å². The first-order valence-electron chi connectivity index (χ1n) is 5.71. The third-order valence-electron chi connectivity index (χ3n) is 2.78. The summed E-state index contributed by atoms with van der Waals surface area (Å²) in [4.78, 5) is 12.6. The van der Waals surface area contributed by atoms with Crippen molar-refractivity contribution in [1.82, 2.24) is 0 Å². The van der Waals surface area contributed by atoms with Gasteiger partial charge in [0.2, 0.25) is 0 Å². The van der Waals surface area contributed by atoms with Crippen molar-refractivity contribution in [1.29, 1.82) is 0 Å². The number of carbonyl (C=O) groups excluding carboxylic acids is 1. The van der Waals surface area contributed by atoms with E-state index in [-0.39, 0.29) is 5.78 Å². The van der Waals surface area contributed by atoms with Gasteiger partial charge in [0, 0.05) is 33.4 Å². The summed E-state index contributed by atoms with van der Waals surface area (Å²) in [5.41, 5.74) is 0.824. The second-order valence-corrected chi connectivity index (χ2v) is 6.38. The maximum Gasteiger partial charge on any atom is 0.160 e. The van der Waals surface area contributed by atoms with Gasteiger partial charge in [-0.05, 0) is 38.0 Å². The SMILES string of the molecule is CC(=O)c1ccc(Br)cc1SC1CCOCC1. The highest BCUT2D eigenvalue weighted by Crippen LogP contribution is 2.34. The Labute approximate surface area is 114 Å². The molecule has 0 aromatic heterocycles. The van der Waals surface area contributed by atoms with E-state index in [2.05, 4.69) is 15.9 Å². The van der Waals surface area contributed by atoms with Gasteiger partial charge in [-0.3, -0.25) is 4.79 Å². The van der Waals surface area contributed by atoms with Gasteiger partial charge in [-0.25, -0.2) is 0 Å². The fourth-order valence-electron chi connectivity index (χ4n) is 1.86. The Morgan fingerprint density at radius 1 is 1.41 bits per heavy atom. The molecular formula is C13H15BrO2S. The molecule has 0 amide bonds. The molecule has 0 bridgehead atoms. The molecule has 1 aromatic carbocycles. The van der Waals surface area contributed by atoms with Crippen molar-refractivity contribution in [3.8, 4) is 0 Å². The minimum absolute atomic E-state index is 0.132. The molecule has 1 aliphatic heterocycles. The van der Waals surface area contributed by atoms with Crippen LogP contribution in [0.3, 0.4) is 0 Å². The van der Waals surface area contributed by atoms with Crippen LogP contribution in [0.4, 0.5) is 0 Å². The highest BCUT2D eigenvalue weighted by Gasteiger charge is 2.18. The molecule has 92 valence electrons. The van der Waals surface area contributed by atoms with Crippen LogP contribution in [-0.4, -0.2) is 24.2 Å². The molecule has 4 heteroatoms. The zero-order chi connectivity index (χ0) is 12.3. The van der Waals surface area contributed by atoms with Crippen LogP contribution >= 0.6 is 27.7 Å². The zero-order valence-electron chi connectivity index (χ0n) is 9.74. The first kappa shape index (κ1) is 13.1. The molecule has 2 nitrogen and oxygen atoms in total. The minimum atomic E-state index is 0.132. The van der Waals surface area contributed by atoms with Crippen LogP contribution in [0.15, 0.2) is 27.6 Å². The highest BCUT2D eigenvalue weighted by molar-refractivity contribution is 9.10. The Bertz CT molecular complexity index is 414. The third kappa shape index (κ3) is 3.57. The molecule has 1 saturated heterocycles. The number of halogens is 1. The van der Waals surface area contributed by atoms with Crippen LogP contribution < -0.4 is 0 Å². The van der Waals surface area contributed by atoms with E-state index in [1.807, 2.05) is 18.2 Å². The fraction of sp³-hybridized carbons (Fsp3) is 0.462. The lowest BCUT2D eigenvalue weighted by atomic mass is 10.1. The Morgan fingerprint density at radius 2 is 2.12 bits per heavy atom. The van der Waals surface area contributed by atoms with Crippen molar-refractivity contribution in [3.05, 3.63) is 28.2 Å². The summed E-state index contributed by atoms with van der Waals surface area (Å²) in [5.74, 6) is 0.132. The number of carbonyl (C=O) groups is 1. The maximum absolute atomic E-state index is 11.6. The molecule has 17 heavy (non-hydrogen) atoms. The molecule has 0 saturated carbocycles. The van der Waals surface area contributed by atoms with Gasteiger partial charge < -0.3 is 4.74 Å². The Hall–Kier alpha value is -0.320. The van der Waals surface area contributed by atoms with Gasteiger partial charge in [0.05, 0.1) is 0 Å². The molecule has 0 atom stereocenters. The Morgan fingerprint density at radius 3 is 2.76 bits per heavy atom. The maximum atomic E-state index is 11.6. The minimum Gasteiger partial charge on any atom is -0.381 e. The molecule has 0 aliphatic carbocycles. The van der Waals surface area contributed by atoms with Gasteiger partial charge in [-0.2, -0.15) is 0 Å². The van der Waals surface area contributed by atoms with E-state index in [0.29, 0.717) is 5.25 Å². The molecule has 1 heterocycles. The lowest BCUT2D eigenvalue weighted by Crippen LogP contribution is -2.17. The first-order chi connectivity index (χ1) is 8.16. The molecule has 2 rings (SSSR count). The van der Waals surface area contributed by atoms with E-state index in [4.69, 9.17) is 4.74 Å². The van der Waals surface area contributed by atoms with E-state index in [1.165, 1.54) is 0 Å². The average molecular weight is 315 g/mol. The smallest absolute Gasteiger partial charge is 0.160 e. The monoisotopic (exact) mass is 314 g/mol. The molecule has 0 spiro atoms. The quantitative estimate of drug-likeness (QED) is 0.791. The van der Waals surface area contributed by atoms with Crippen molar-refractivity contribution in [2.45, 2.75) is 29.9 Å². The van der Waals surface area contributed by atoms with E-state index in [1.54, 1.807) is 18.7 Å². The number of hydrogen-bond donors (Lipinski definition) is 0. The molecule has 0 N–H and O–H groups in total. The zero-order valence-corrected chi connectivity index (χ0v) is 12.1. The first-order valence-corrected chi connectivity index (χ1v) is 7.39. The standard InChI is InChI=1S/C13H15BrO2S/c1-9(15)12-3-2-10(14)8-13(12)17-11-4-6-16-7-5-11/h2-3,8,11H,4-7H2,1H3. The second kappa shape index (κ2) is 6.03. The molecule has 0 radical (unpaired) electrons. The average Bonchev–Trinajstić information content (AvgIpc) is 2.30. The summed E-state index contributed by atoms with van der Waals surface area (Å²) in [6.45, 7) is 3.29. The number of benzene rings is 1. The summed E-state index contributed by atoms with van der Waals surface area (Å²) in [6.07, 6.45) is 2.13. The van der Waals surface area contributed by atoms with Gasteiger partial charge >= 0.3 is 0 Å². The van der Waals surface area contributed by atoms with Crippen molar-refractivity contribution < 1.29 is 9.53 Å². The van der Waals surface area contributed by atoms with Crippen LogP contribution in [-0.2, 0) is 4.74 Å². The van der Waals surface area contributed by atoms with Crippen LogP contribution in [0.2, 0.25) is 0 Å². The van der Waals surface area contributed by atoms with Crippen LogP contribution in [0, 0.1) is 0 Å². The summed E-state index contributed by atoms with van der Waals surface area (Å²) in [5, 5.41) is 0.566. The molecule has 1 aliphatic rings. The van der Waals surface area contributed by atoms with E-state index in [0.717, 1.165) is 41.0 Å². The molecule has 1 fully saturated rings. The molecule has 0 unspecified atom stereocenters. The number of hydrogen-bond acceptors (Lipinski definition) is 3. The Kier molecular flexibility index (Phi) is 4.65. The lowest BCUT2D eigenvalue weighted by Gasteiger charge is -2.22. The predicted octanol–water partition coefficient (Wildman–Crippen LogP) is 3.92. The fourth-order valence-corrected chi connectivity index (χ4v) is 3.69. The normalized spacial score (nSPS) is 17.1. The van der Waals surface area contributed by atoms with Crippen LogP contribution in [0.25, 0.3) is 0 Å². The number of ketones is 1. The van der Waals surface area contributed by atoms with Gasteiger partial charge in [-0.1, -0.05) is 15.9 Å². The summed E-state index contributed by atoms with van der Waals surface area (Å²) in [7, 11) is 0. The highest BCUT2D eigenvalue weighted by atomic mass is 79.9. The predicted molar refractivity (Wildman–Crippen MR) is 73.8 cm³/mol. The van der Waals surface area contributed by atoms with Crippen molar-refractivity contribution >= 4 is 33.5 Å². The van der Waals surface area contributed by atoms with Crippen LogP contribution in [0.5, 0.6) is 0 Å². The number of Topliss-reactive ketones (excluding diaryl/α,β-unsaturated/α-hetero) is 1. The van der Waals surface area contributed by atoms with Crippen LogP contribution in [0.1, 0.15) is 30.1 Å². The number of rotatable bonds is 3. The lowest BCUT2D eigenvalue weighted by molar-refractivity contribution is 0.0999. The summed E-state index contributed by atoms with van der Waals surface area (Å²) in [6, 6.07) is 5.86. The summed E-state index contributed by atoms with van der Waals surface area (Å²) >= 11 is 5.26. The van der Waals surface area contributed by atoms with E-state index >= 15 is 0 Å². The molecular weight excluding hydrogens is 300 g/mol. The second-order valence-electron chi connectivity index (χ2n) is 4.13. The van der Waals surface area contributed by atoms with E-state index < -0.39 is 0 Å².